The zero-order valence-electron chi connectivity index (χ0n) is 14.7. The van der Waals surface area contributed by atoms with Gasteiger partial charge in [-0.15, -0.1) is 6.58 Å². The smallest absolute Gasteiger partial charge is 0.278 e. The van der Waals surface area contributed by atoms with E-state index in [0.717, 1.165) is 21.7 Å². The number of carbonyl (C=O) groups excluding carboxylic acids is 2. The van der Waals surface area contributed by atoms with E-state index in [9.17, 15) is 14.0 Å². The summed E-state index contributed by atoms with van der Waals surface area (Å²) in [5, 5.41) is 3.11. The molecule has 0 unspecified atom stereocenters. The molecule has 0 saturated carbocycles. The van der Waals surface area contributed by atoms with Gasteiger partial charge in [-0.2, -0.15) is 0 Å². The lowest BCUT2D eigenvalue weighted by Gasteiger charge is -2.13. The Labute approximate surface area is 151 Å². The Bertz CT molecular complexity index is 930. The second-order valence-electron chi connectivity index (χ2n) is 6.21. The van der Waals surface area contributed by atoms with Gasteiger partial charge in [0.2, 0.25) is 0 Å². The molecule has 1 aliphatic rings. The van der Waals surface area contributed by atoms with E-state index in [4.69, 9.17) is 0 Å². The number of aryl methyl sites for hydroxylation is 2. The predicted molar refractivity (Wildman–Crippen MR) is 99.8 cm³/mol. The highest BCUT2D eigenvalue weighted by Crippen LogP contribution is 2.31. The molecule has 2 aromatic rings. The fourth-order valence-electron chi connectivity index (χ4n) is 2.96. The van der Waals surface area contributed by atoms with Crippen molar-refractivity contribution in [1.82, 2.24) is 4.90 Å². The molecule has 0 atom stereocenters. The number of rotatable bonds is 5. The molecule has 1 N–H and O–H groups in total. The van der Waals surface area contributed by atoms with E-state index in [1.807, 2.05) is 32.0 Å². The van der Waals surface area contributed by atoms with Crippen LogP contribution in [0.5, 0.6) is 0 Å². The van der Waals surface area contributed by atoms with Crippen LogP contribution in [-0.4, -0.2) is 23.3 Å². The average molecular weight is 350 g/mol. The van der Waals surface area contributed by atoms with E-state index in [-0.39, 0.29) is 17.8 Å². The lowest BCUT2D eigenvalue weighted by Crippen LogP contribution is -2.32. The summed E-state index contributed by atoms with van der Waals surface area (Å²) >= 11 is 0. The highest BCUT2D eigenvalue weighted by molar-refractivity contribution is 6.36. The monoisotopic (exact) mass is 350 g/mol. The zero-order valence-corrected chi connectivity index (χ0v) is 14.7. The van der Waals surface area contributed by atoms with E-state index in [1.54, 1.807) is 0 Å². The molecule has 0 aliphatic carbocycles. The number of benzene rings is 2. The van der Waals surface area contributed by atoms with E-state index >= 15 is 0 Å². The minimum atomic E-state index is -0.422. The molecule has 0 spiro atoms. The highest BCUT2D eigenvalue weighted by atomic mass is 19.1. The van der Waals surface area contributed by atoms with Crippen LogP contribution in [0.2, 0.25) is 0 Å². The van der Waals surface area contributed by atoms with Crippen molar-refractivity contribution in [3.05, 3.63) is 83.3 Å². The first-order chi connectivity index (χ1) is 12.4. The first kappa shape index (κ1) is 17.6. The summed E-state index contributed by atoms with van der Waals surface area (Å²) in [5.74, 6) is -1.25. The third-order valence-electron chi connectivity index (χ3n) is 4.25. The summed E-state index contributed by atoms with van der Waals surface area (Å²) in [6.07, 6.45) is 1.50. The SMILES string of the molecule is C=CCN1C(=O)C(Nc2ccc(C)cc2C)=C(c2ccc(F)cc2)C1=O. The number of carbonyl (C=O) groups is 2. The van der Waals surface area contributed by atoms with E-state index in [1.165, 1.54) is 30.3 Å². The fraction of sp³-hybridized carbons (Fsp3) is 0.143. The van der Waals surface area contributed by atoms with Crippen molar-refractivity contribution in [1.29, 1.82) is 0 Å². The molecule has 3 rings (SSSR count). The maximum Gasteiger partial charge on any atom is 0.278 e. The van der Waals surface area contributed by atoms with Crippen molar-refractivity contribution in [2.45, 2.75) is 13.8 Å². The second-order valence-corrected chi connectivity index (χ2v) is 6.21. The largest absolute Gasteiger partial charge is 0.350 e. The van der Waals surface area contributed by atoms with Crippen molar-refractivity contribution >= 4 is 23.1 Å². The molecule has 4 nitrogen and oxygen atoms in total. The number of hydrogen-bond acceptors (Lipinski definition) is 3. The quantitative estimate of drug-likeness (QED) is 0.659. The van der Waals surface area contributed by atoms with Gasteiger partial charge in [0.1, 0.15) is 11.5 Å². The number of nitrogens with one attached hydrogen (secondary N) is 1. The van der Waals surface area contributed by atoms with Crippen molar-refractivity contribution in [3.8, 4) is 0 Å². The molecule has 132 valence electrons. The number of anilines is 1. The molecule has 1 heterocycles. The van der Waals surface area contributed by atoms with Crippen molar-refractivity contribution in [2.75, 3.05) is 11.9 Å². The molecule has 5 heteroatoms. The molecule has 0 aromatic heterocycles. The van der Waals surface area contributed by atoms with Gasteiger partial charge >= 0.3 is 0 Å². The number of imide groups is 1. The number of nitrogens with zero attached hydrogens (tertiary/aromatic N) is 1. The predicted octanol–water partition coefficient (Wildman–Crippen LogP) is 3.82. The topological polar surface area (TPSA) is 49.4 Å². The van der Waals surface area contributed by atoms with Gasteiger partial charge in [0.15, 0.2) is 0 Å². The van der Waals surface area contributed by atoms with Gasteiger partial charge in [0, 0.05) is 12.2 Å². The Hall–Kier alpha value is -3.21. The van der Waals surface area contributed by atoms with Gasteiger partial charge in [-0.3, -0.25) is 14.5 Å². The maximum atomic E-state index is 13.3. The van der Waals surface area contributed by atoms with Crippen LogP contribution in [0, 0.1) is 19.7 Å². The Morgan fingerprint density at radius 1 is 1.08 bits per heavy atom. The fourth-order valence-corrected chi connectivity index (χ4v) is 2.96. The van der Waals surface area contributed by atoms with Crippen molar-refractivity contribution < 1.29 is 14.0 Å². The molecule has 0 bridgehead atoms. The zero-order chi connectivity index (χ0) is 18.8. The Kier molecular flexibility index (Phi) is 4.71. The first-order valence-corrected chi connectivity index (χ1v) is 8.24. The minimum Gasteiger partial charge on any atom is -0.350 e. The maximum absolute atomic E-state index is 13.3. The van der Waals surface area contributed by atoms with Gasteiger partial charge in [0.05, 0.1) is 5.57 Å². The number of amides is 2. The molecule has 0 radical (unpaired) electrons. The van der Waals surface area contributed by atoms with Crippen molar-refractivity contribution in [3.63, 3.8) is 0 Å². The molecular weight excluding hydrogens is 331 g/mol. The van der Waals surface area contributed by atoms with Crippen LogP contribution in [0.3, 0.4) is 0 Å². The lowest BCUT2D eigenvalue weighted by atomic mass is 10.0. The van der Waals surface area contributed by atoms with Gasteiger partial charge in [-0.05, 0) is 43.2 Å². The second kappa shape index (κ2) is 6.96. The molecule has 2 aromatic carbocycles. The summed E-state index contributed by atoms with van der Waals surface area (Å²) in [6, 6.07) is 11.3. The van der Waals surface area contributed by atoms with E-state index in [2.05, 4.69) is 11.9 Å². The van der Waals surface area contributed by atoms with Crippen LogP contribution >= 0.6 is 0 Å². The third-order valence-corrected chi connectivity index (χ3v) is 4.25. The van der Waals surface area contributed by atoms with Crippen molar-refractivity contribution in [2.24, 2.45) is 0 Å². The Morgan fingerprint density at radius 3 is 2.38 bits per heavy atom. The number of hydrogen-bond donors (Lipinski definition) is 1. The van der Waals surface area contributed by atoms with Crippen LogP contribution in [-0.2, 0) is 9.59 Å². The summed E-state index contributed by atoms with van der Waals surface area (Å²) in [7, 11) is 0. The molecule has 0 saturated heterocycles. The molecule has 2 amide bonds. The van der Waals surface area contributed by atoms with Gasteiger partial charge < -0.3 is 5.32 Å². The van der Waals surface area contributed by atoms with Gasteiger partial charge in [0.25, 0.3) is 11.8 Å². The molecule has 0 fully saturated rings. The first-order valence-electron chi connectivity index (χ1n) is 8.24. The third kappa shape index (κ3) is 3.16. The average Bonchev–Trinajstić information content (AvgIpc) is 2.83. The Balaban J connectivity index is 2.10. The van der Waals surface area contributed by atoms with Crippen LogP contribution in [0.15, 0.2) is 60.8 Å². The van der Waals surface area contributed by atoms with Crippen LogP contribution in [0.4, 0.5) is 10.1 Å². The normalized spacial score (nSPS) is 14.2. The summed E-state index contributed by atoms with van der Waals surface area (Å²) in [6.45, 7) is 7.62. The van der Waals surface area contributed by atoms with Crippen LogP contribution in [0.25, 0.3) is 5.57 Å². The molecular formula is C21H19FN2O2. The summed E-state index contributed by atoms with van der Waals surface area (Å²) in [4.78, 5) is 26.7. The van der Waals surface area contributed by atoms with Gasteiger partial charge in [-0.25, -0.2) is 4.39 Å². The molecule has 26 heavy (non-hydrogen) atoms. The molecule has 1 aliphatic heterocycles. The standard InChI is InChI=1S/C21H19FN2O2/c1-4-11-24-20(25)18(15-6-8-16(22)9-7-15)19(21(24)26)23-17-10-5-13(2)12-14(17)3/h4-10,12,23H,1,11H2,2-3H3. The van der Waals surface area contributed by atoms with E-state index < -0.39 is 17.6 Å². The minimum absolute atomic E-state index is 0.112. The van der Waals surface area contributed by atoms with Crippen LogP contribution in [0.1, 0.15) is 16.7 Å². The van der Waals surface area contributed by atoms with E-state index in [0.29, 0.717) is 5.56 Å². The highest BCUT2D eigenvalue weighted by Gasteiger charge is 2.38. The van der Waals surface area contributed by atoms with Crippen LogP contribution < -0.4 is 5.32 Å². The number of halogens is 1. The van der Waals surface area contributed by atoms with Gasteiger partial charge in [-0.1, -0.05) is 35.9 Å². The lowest BCUT2D eigenvalue weighted by molar-refractivity contribution is -0.136. The summed E-state index contributed by atoms with van der Waals surface area (Å²) in [5.41, 5.74) is 3.71. The Morgan fingerprint density at radius 2 is 1.77 bits per heavy atom. The summed E-state index contributed by atoms with van der Waals surface area (Å²) < 4.78 is 13.3.